The van der Waals surface area contributed by atoms with Crippen LogP contribution in [0.2, 0.25) is 0 Å². The van der Waals surface area contributed by atoms with E-state index in [9.17, 15) is 4.79 Å². The van der Waals surface area contributed by atoms with Crippen LogP contribution in [0.5, 0.6) is 0 Å². The molecule has 0 aliphatic heterocycles. The third-order valence-electron chi connectivity index (χ3n) is 2.99. The largest absolute Gasteiger partial charge is 0.465 e. The Labute approximate surface area is 119 Å². The van der Waals surface area contributed by atoms with Gasteiger partial charge in [0.1, 0.15) is 4.88 Å². The van der Waals surface area contributed by atoms with E-state index in [4.69, 9.17) is 4.74 Å². The van der Waals surface area contributed by atoms with Crippen molar-refractivity contribution in [2.24, 2.45) is 0 Å². The molecule has 0 unspecified atom stereocenters. The second-order valence-electron chi connectivity index (χ2n) is 4.60. The predicted octanol–water partition coefficient (Wildman–Crippen LogP) is 3.64. The molecule has 1 aromatic heterocycles. The molecule has 0 radical (unpaired) electrons. The van der Waals surface area contributed by atoms with Crippen molar-refractivity contribution >= 4 is 22.4 Å². The number of aromatic nitrogens is 1. The zero-order valence-corrected chi connectivity index (χ0v) is 13.2. The Kier molecular flexibility index (Phi) is 6.84. The van der Waals surface area contributed by atoms with Crippen molar-refractivity contribution in [1.29, 1.82) is 0 Å². The summed E-state index contributed by atoms with van der Waals surface area (Å²) in [5.41, 5.74) is 0.768. The number of unbranched alkanes of at least 4 members (excludes halogenated alkanes) is 2. The molecule has 19 heavy (non-hydrogen) atoms. The molecule has 5 heteroatoms. The summed E-state index contributed by atoms with van der Waals surface area (Å²) in [6.45, 7) is 8.24. The van der Waals surface area contributed by atoms with Gasteiger partial charge in [-0.2, -0.15) is 0 Å². The lowest BCUT2D eigenvalue weighted by molar-refractivity contribution is 0.0605. The summed E-state index contributed by atoms with van der Waals surface area (Å²) >= 11 is 1.44. The molecule has 0 N–H and O–H groups in total. The minimum atomic E-state index is -0.285. The summed E-state index contributed by atoms with van der Waals surface area (Å²) in [4.78, 5) is 19.1. The molecule has 0 saturated carbocycles. The smallest absolute Gasteiger partial charge is 0.350 e. The average Bonchev–Trinajstić information content (AvgIpc) is 2.80. The van der Waals surface area contributed by atoms with Gasteiger partial charge in [0.25, 0.3) is 0 Å². The Hall–Kier alpha value is -1.10. The van der Waals surface area contributed by atoms with E-state index in [1.165, 1.54) is 18.4 Å². The van der Waals surface area contributed by atoms with Crippen molar-refractivity contribution in [3.8, 4) is 0 Å². The Morgan fingerprint density at radius 3 is 2.32 bits per heavy atom. The fourth-order valence-corrected chi connectivity index (χ4v) is 2.84. The third kappa shape index (κ3) is 4.49. The van der Waals surface area contributed by atoms with E-state index in [1.807, 2.05) is 6.92 Å². The van der Waals surface area contributed by atoms with E-state index in [0.717, 1.165) is 49.6 Å². The molecule has 0 amide bonds. The van der Waals surface area contributed by atoms with E-state index >= 15 is 0 Å². The maximum atomic E-state index is 11.6. The Morgan fingerprint density at radius 2 is 1.84 bits per heavy atom. The van der Waals surface area contributed by atoms with Crippen LogP contribution in [0.25, 0.3) is 0 Å². The van der Waals surface area contributed by atoms with E-state index in [-0.39, 0.29) is 5.97 Å². The first-order valence-electron chi connectivity index (χ1n) is 6.94. The van der Waals surface area contributed by atoms with E-state index in [1.54, 1.807) is 0 Å². The molecule has 0 aliphatic carbocycles. The second kappa shape index (κ2) is 8.15. The first-order chi connectivity index (χ1) is 9.13. The van der Waals surface area contributed by atoms with Gasteiger partial charge in [-0.25, -0.2) is 9.78 Å². The van der Waals surface area contributed by atoms with Crippen molar-refractivity contribution in [3.63, 3.8) is 0 Å². The number of ether oxygens (including phenoxy) is 1. The molecule has 1 aromatic rings. The summed E-state index contributed by atoms with van der Waals surface area (Å²) in [5, 5.41) is 0.944. The third-order valence-corrected chi connectivity index (χ3v) is 4.19. The minimum absolute atomic E-state index is 0.285. The molecule has 0 aromatic carbocycles. The highest BCUT2D eigenvalue weighted by Crippen LogP contribution is 2.27. The maximum Gasteiger partial charge on any atom is 0.350 e. The van der Waals surface area contributed by atoms with Gasteiger partial charge in [-0.15, -0.1) is 0 Å². The topological polar surface area (TPSA) is 42.4 Å². The number of carbonyl (C=O) groups is 1. The number of hydrogen-bond donors (Lipinski definition) is 0. The predicted molar refractivity (Wildman–Crippen MR) is 80.2 cm³/mol. The van der Waals surface area contributed by atoms with Gasteiger partial charge in [0.15, 0.2) is 5.13 Å². The lowest BCUT2D eigenvalue weighted by atomic mass is 10.3. The first-order valence-corrected chi connectivity index (χ1v) is 7.76. The number of carbonyl (C=O) groups excluding carboxylic acids is 1. The Balaban J connectivity index is 2.85. The number of esters is 1. The van der Waals surface area contributed by atoms with Gasteiger partial charge >= 0.3 is 5.97 Å². The molecular formula is C14H24N2O2S. The molecule has 4 nitrogen and oxygen atoms in total. The van der Waals surface area contributed by atoms with Crippen molar-refractivity contribution in [2.75, 3.05) is 25.1 Å². The molecular weight excluding hydrogens is 260 g/mol. The summed E-state index contributed by atoms with van der Waals surface area (Å²) < 4.78 is 4.79. The lowest BCUT2D eigenvalue weighted by Gasteiger charge is -2.21. The number of rotatable bonds is 8. The van der Waals surface area contributed by atoms with Gasteiger partial charge in [-0.3, -0.25) is 0 Å². The normalized spacial score (nSPS) is 10.5. The minimum Gasteiger partial charge on any atom is -0.465 e. The Morgan fingerprint density at radius 1 is 1.26 bits per heavy atom. The maximum absolute atomic E-state index is 11.6. The first kappa shape index (κ1) is 16.0. The van der Waals surface area contributed by atoms with Gasteiger partial charge in [-0.1, -0.05) is 38.0 Å². The van der Waals surface area contributed by atoms with Gasteiger partial charge in [0.2, 0.25) is 0 Å². The Bertz CT molecular complexity index is 396. The van der Waals surface area contributed by atoms with E-state index < -0.39 is 0 Å². The molecule has 0 spiro atoms. The zero-order valence-electron chi connectivity index (χ0n) is 12.4. The van der Waals surface area contributed by atoms with Crippen LogP contribution in [-0.4, -0.2) is 31.2 Å². The van der Waals surface area contributed by atoms with E-state index in [2.05, 4.69) is 23.7 Å². The van der Waals surface area contributed by atoms with Crippen LogP contribution in [0.4, 0.5) is 5.13 Å². The van der Waals surface area contributed by atoms with Gasteiger partial charge in [0, 0.05) is 13.1 Å². The van der Waals surface area contributed by atoms with Crippen LogP contribution in [0.1, 0.15) is 54.9 Å². The number of hydrogen-bond acceptors (Lipinski definition) is 5. The average molecular weight is 284 g/mol. The fourth-order valence-electron chi connectivity index (χ4n) is 1.80. The second-order valence-corrected chi connectivity index (χ2v) is 5.57. The quantitative estimate of drug-likeness (QED) is 0.683. The van der Waals surface area contributed by atoms with Crippen molar-refractivity contribution < 1.29 is 9.53 Å². The van der Waals surface area contributed by atoms with Crippen molar-refractivity contribution in [3.05, 3.63) is 10.6 Å². The van der Waals surface area contributed by atoms with Crippen molar-refractivity contribution in [1.82, 2.24) is 4.98 Å². The molecule has 0 fully saturated rings. The highest BCUT2D eigenvalue weighted by molar-refractivity contribution is 7.17. The molecule has 0 bridgehead atoms. The highest BCUT2D eigenvalue weighted by atomic mass is 32.1. The monoisotopic (exact) mass is 284 g/mol. The number of methoxy groups -OCH3 is 1. The van der Waals surface area contributed by atoms with Crippen LogP contribution >= 0.6 is 11.3 Å². The lowest BCUT2D eigenvalue weighted by Crippen LogP contribution is -2.25. The number of thiazole rings is 1. The van der Waals surface area contributed by atoms with Crippen LogP contribution in [0.3, 0.4) is 0 Å². The fraction of sp³-hybridized carbons (Fsp3) is 0.714. The summed E-state index contributed by atoms with van der Waals surface area (Å²) in [5.74, 6) is -0.285. The molecule has 0 atom stereocenters. The standard InChI is InChI=1S/C14H24N2O2S/c1-5-7-9-16(10-8-6-2)14-15-11(3)12(19-14)13(17)18-4/h5-10H2,1-4H3. The van der Waals surface area contributed by atoms with Gasteiger partial charge in [0.05, 0.1) is 12.8 Å². The van der Waals surface area contributed by atoms with Gasteiger partial charge < -0.3 is 9.64 Å². The molecule has 0 saturated heterocycles. The summed E-state index contributed by atoms with van der Waals surface area (Å²) in [7, 11) is 1.41. The van der Waals surface area contributed by atoms with Crippen LogP contribution < -0.4 is 4.90 Å². The van der Waals surface area contributed by atoms with Crippen molar-refractivity contribution in [2.45, 2.75) is 46.5 Å². The number of nitrogens with zero attached hydrogens (tertiary/aromatic N) is 2. The molecule has 108 valence electrons. The molecule has 1 rings (SSSR count). The number of anilines is 1. The highest BCUT2D eigenvalue weighted by Gasteiger charge is 2.18. The van der Waals surface area contributed by atoms with Gasteiger partial charge in [-0.05, 0) is 19.8 Å². The summed E-state index contributed by atoms with van der Waals surface area (Å²) in [6, 6.07) is 0. The zero-order chi connectivity index (χ0) is 14.3. The molecule has 0 aliphatic rings. The van der Waals surface area contributed by atoms with E-state index in [0.29, 0.717) is 4.88 Å². The SMILES string of the molecule is CCCCN(CCCC)c1nc(C)c(C(=O)OC)s1. The van der Waals surface area contributed by atoms with Crippen LogP contribution in [0.15, 0.2) is 0 Å². The summed E-state index contributed by atoms with van der Waals surface area (Å²) in [6.07, 6.45) is 4.62. The van der Waals surface area contributed by atoms with Crippen LogP contribution in [0, 0.1) is 6.92 Å². The number of aryl methyl sites for hydroxylation is 1. The molecule has 1 heterocycles. The van der Waals surface area contributed by atoms with Crippen LogP contribution in [-0.2, 0) is 4.74 Å².